The number of amides is 1. The lowest BCUT2D eigenvalue weighted by Crippen LogP contribution is -2.20. The van der Waals surface area contributed by atoms with Gasteiger partial charge in [-0.05, 0) is 42.3 Å². The SMILES string of the molecule is CC(Nc1ncnc2c(OCC(N)=O)cc(-c3ccc(F)cc3)cc12)c1cnc(C(F)(F)F)nc1. The Morgan fingerprint density at radius 1 is 1.06 bits per heavy atom. The summed E-state index contributed by atoms with van der Waals surface area (Å²) in [7, 11) is 0. The van der Waals surface area contributed by atoms with Gasteiger partial charge in [-0.3, -0.25) is 4.79 Å². The van der Waals surface area contributed by atoms with Crippen molar-refractivity contribution < 1.29 is 27.1 Å². The quantitative estimate of drug-likeness (QED) is 0.375. The molecule has 180 valence electrons. The Labute approximate surface area is 196 Å². The molecule has 2 aromatic carbocycles. The van der Waals surface area contributed by atoms with E-state index in [1.165, 1.54) is 18.5 Å². The number of hydrogen-bond acceptors (Lipinski definition) is 7. The van der Waals surface area contributed by atoms with Crippen LogP contribution in [0.1, 0.15) is 24.4 Å². The van der Waals surface area contributed by atoms with Gasteiger partial charge in [-0.25, -0.2) is 24.3 Å². The highest BCUT2D eigenvalue weighted by Gasteiger charge is 2.34. The zero-order valence-electron chi connectivity index (χ0n) is 18.2. The second-order valence-corrected chi connectivity index (χ2v) is 7.56. The summed E-state index contributed by atoms with van der Waals surface area (Å²) in [5.74, 6) is -1.74. The molecule has 3 N–H and O–H groups in total. The lowest BCUT2D eigenvalue weighted by atomic mass is 10.0. The second-order valence-electron chi connectivity index (χ2n) is 7.56. The molecule has 0 fully saturated rings. The molecule has 1 amide bonds. The smallest absolute Gasteiger partial charge is 0.451 e. The van der Waals surface area contributed by atoms with Gasteiger partial charge < -0.3 is 15.8 Å². The summed E-state index contributed by atoms with van der Waals surface area (Å²) in [6.45, 7) is 1.31. The number of benzene rings is 2. The molecular weight excluding hydrogens is 468 g/mol. The Bertz CT molecular complexity index is 1360. The van der Waals surface area contributed by atoms with Gasteiger partial charge in [0.2, 0.25) is 5.82 Å². The zero-order chi connectivity index (χ0) is 25.2. The van der Waals surface area contributed by atoms with Gasteiger partial charge in [-0.15, -0.1) is 0 Å². The maximum absolute atomic E-state index is 13.4. The van der Waals surface area contributed by atoms with Crippen molar-refractivity contribution in [3.8, 4) is 16.9 Å². The molecule has 0 radical (unpaired) electrons. The number of fused-ring (bicyclic) bond motifs is 1. The predicted molar refractivity (Wildman–Crippen MR) is 119 cm³/mol. The fourth-order valence-corrected chi connectivity index (χ4v) is 3.31. The molecule has 1 atom stereocenters. The average molecular weight is 486 g/mol. The third kappa shape index (κ3) is 5.42. The molecule has 1 unspecified atom stereocenters. The molecule has 0 aliphatic rings. The Balaban J connectivity index is 1.74. The number of rotatable bonds is 7. The summed E-state index contributed by atoms with van der Waals surface area (Å²) >= 11 is 0. The number of anilines is 1. The molecule has 2 aromatic heterocycles. The van der Waals surface area contributed by atoms with Gasteiger partial charge in [-0.1, -0.05) is 12.1 Å². The van der Waals surface area contributed by atoms with E-state index in [9.17, 15) is 22.4 Å². The number of carbonyl (C=O) groups excluding carboxylic acids is 1. The maximum Gasteiger partial charge on any atom is 0.451 e. The van der Waals surface area contributed by atoms with Crippen LogP contribution in [0.3, 0.4) is 0 Å². The topological polar surface area (TPSA) is 116 Å². The van der Waals surface area contributed by atoms with Gasteiger partial charge in [0, 0.05) is 23.3 Å². The molecule has 2 heterocycles. The second kappa shape index (κ2) is 9.49. The van der Waals surface area contributed by atoms with Crippen molar-refractivity contribution >= 4 is 22.6 Å². The minimum Gasteiger partial charge on any atom is -0.481 e. The summed E-state index contributed by atoms with van der Waals surface area (Å²) in [6, 6.07) is 8.62. The fraction of sp³-hybridized carbons (Fsp3) is 0.174. The molecule has 0 spiro atoms. The van der Waals surface area contributed by atoms with Crippen molar-refractivity contribution in [2.45, 2.75) is 19.1 Å². The number of nitrogens with zero attached hydrogens (tertiary/aromatic N) is 4. The van der Waals surface area contributed by atoms with Crippen LogP contribution >= 0.6 is 0 Å². The first kappa shape index (κ1) is 23.8. The predicted octanol–water partition coefficient (Wildman–Crippen LogP) is 4.28. The molecule has 0 aliphatic heterocycles. The van der Waals surface area contributed by atoms with E-state index in [1.54, 1.807) is 31.2 Å². The van der Waals surface area contributed by atoms with Gasteiger partial charge in [0.1, 0.15) is 29.2 Å². The highest BCUT2D eigenvalue weighted by Crippen LogP contribution is 2.35. The summed E-state index contributed by atoms with van der Waals surface area (Å²) in [5, 5.41) is 3.61. The van der Waals surface area contributed by atoms with Crippen LogP contribution in [-0.4, -0.2) is 32.4 Å². The number of nitrogens with two attached hydrogens (primary N) is 1. The van der Waals surface area contributed by atoms with E-state index < -0.39 is 36.4 Å². The Kier molecular flexibility index (Phi) is 6.45. The van der Waals surface area contributed by atoms with Crippen molar-refractivity contribution in [1.82, 2.24) is 19.9 Å². The lowest BCUT2D eigenvalue weighted by Gasteiger charge is -2.18. The van der Waals surface area contributed by atoms with Crippen LogP contribution in [0, 0.1) is 5.82 Å². The normalized spacial score (nSPS) is 12.4. The van der Waals surface area contributed by atoms with Crippen LogP contribution in [0.2, 0.25) is 0 Å². The molecule has 0 bridgehead atoms. The number of hydrogen-bond donors (Lipinski definition) is 2. The molecule has 8 nitrogen and oxygen atoms in total. The van der Waals surface area contributed by atoms with Crippen LogP contribution < -0.4 is 15.8 Å². The third-order valence-electron chi connectivity index (χ3n) is 5.03. The van der Waals surface area contributed by atoms with Crippen LogP contribution in [0.5, 0.6) is 5.75 Å². The first-order chi connectivity index (χ1) is 16.6. The van der Waals surface area contributed by atoms with Gasteiger partial charge in [0.25, 0.3) is 5.91 Å². The van der Waals surface area contributed by atoms with E-state index in [1.807, 2.05) is 0 Å². The highest BCUT2D eigenvalue weighted by molar-refractivity contribution is 5.96. The Hall–Kier alpha value is -4.35. The monoisotopic (exact) mass is 486 g/mol. The molecule has 4 rings (SSSR count). The summed E-state index contributed by atoms with van der Waals surface area (Å²) in [5.41, 5.74) is 7.26. The first-order valence-corrected chi connectivity index (χ1v) is 10.2. The van der Waals surface area contributed by atoms with Gasteiger partial charge in [0.15, 0.2) is 6.61 Å². The van der Waals surface area contributed by atoms with Crippen LogP contribution in [0.4, 0.5) is 23.4 Å². The Morgan fingerprint density at radius 2 is 1.74 bits per heavy atom. The Morgan fingerprint density at radius 3 is 2.37 bits per heavy atom. The van der Waals surface area contributed by atoms with Crippen LogP contribution in [0.25, 0.3) is 22.0 Å². The third-order valence-corrected chi connectivity index (χ3v) is 5.03. The minimum absolute atomic E-state index is 0.247. The standard InChI is InChI=1S/C23H18F4N6O2/c1-12(15-8-29-22(30-9-15)23(25,26)27)33-21-17-6-14(13-2-4-16(24)5-3-13)7-18(35-10-19(28)34)20(17)31-11-32-21/h2-9,11-12H,10H2,1H3,(H2,28,34)(H,31,32,33). The molecule has 12 heteroatoms. The van der Waals surface area contributed by atoms with Crippen molar-refractivity contribution in [1.29, 1.82) is 0 Å². The van der Waals surface area contributed by atoms with Gasteiger partial charge in [0.05, 0.1) is 6.04 Å². The van der Waals surface area contributed by atoms with E-state index in [0.717, 1.165) is 12.4 Å². The fourth-order valence-electron chi connectivity index (χ4n) is 3.31. The largest absolute Gasteiger partial charge is 0.481 e. The minimum atomic E-state index is -4.64. The van der Waals surface area contributed by atoms with E-state index in [-0.39, 0.29) is 5.75 Å². The van der Waals surface area contributed by atoms with E-state index in [2.05, 4.69) is 25.3 Å². The van der Waals surface area contributed by atoms with Crippen molar-refractivity contribution in [2.24, 2.45) is 5.73 Å². The van der Waals surface area contributed by atoms with E-state index in [4.69, 9.17) is 10.5 Å². The number of primary amides is 1. The summed E-state index contributed by atoms with van der Waals surface area (Å²) in [6.07, 6.45) is -1.20. The van der Waals surface area contributed by atoms with Crippen LogP contribution in [-0.2, 0) is 11.0 Å². The van der Waals surface area contributed by atoms with E-state index >= 15 is 0 Å². The average Bonchev–Trinajstić information content (AvgIpc) is 2.82. The van der Waals surface area contributed by atoms with Crippen molar-refractivity contribution in [2.75, 3.05) is 11.9 Å². The summed E-state index contributed by atoms with van der Waals surface area (Å²) in [4.78, 5) is 26.6. The number of ether oxygens (including phenoxy) is 1. The number of nitrogens with one attached hydrogen (secondary N) is 1. The van der Waals surface area contributed by atoms with Crippen LogP contribution in [0.15, 0.2) is 55.1 Å². The first-order valence-electron chi connectivity index (χ1n) is 10.2. The molecule has 0 saturated carbocycles. The number of carbonyl (C=O) groups is 1. The molecule has 4 aromatic rings. The maximum atomic E-state index is 13.4. The van der Waals surface area contributed by atoms with Gasteiger partial charge >= 0.3 is 6.18 Å². The number of halogens is 4. The highest BCUT2D eigenvalue weighted by atomic mass is 19.4. The lowest BCUT2D eigenvalue weighted by molar-refractivity contribution is -0.145. The van der Waals surface area contributed by atoms with Crippen molar-refractivity contribution in [3.63, 3.8) is 0 Å². The van der Waals surface area contributed by atoms with Crippen molar-refractivity contribution in [3.05, 3.63) is 72.3 Å². The molecule has 0 saturated heterocycles. The molecular formula is C23H18F4N6O2. The van der Waals surface area contributed by atoms with E-state index in [0.29, 0.717) is 33.4 Å². The number of aromatic nitrogens is 4. The summed E-state index contributed by atoms with van der Waals surface area (Å²) < 4.78 is 57.3. The molecule has 35 heavy (non-hydrogen) atoms. The molecule has 0 aliphatic carbocycles. The zero-order valence-corrected chi connectivity index (χ0v) is 18.2. The van der Waals surface area contributed by atoms with Gasteiger partial charge in [-0.2, -0.15) is 13.2 Å². The number of alkyl halides is 3.